The molecule has 1 saturated carbocycles. The Balaban J connectivity index is 1.78. The fourth-order valence-electron chi connectivity index (χ4n) is 4.00. The summed E-state index contributed by atoms with van der Waals surface area (Å²) in [6.45, 7) is 2.34. The van der Waals surface area contributed by atoms with E-state index in [0.29, 0.717) is 5.41 Å². The lowest BCUT2D eigenvalue weighted by Crippen LogP contribution is -2.44. The van der Waals surface area contributed by atoms with Crippen molar-refractivity contribution in [3.05, 3.63) is 12.2 Å². The molecule has 2 fully saturated rings. The normalized spacial score (nSPS) is 25.1. The predicted molar refractivity (Wildman–Crippen MR) is 71.2 cm³/mol. The van der Waals surface area contributed by atoms with Crippen LogP contribution in [0.1, 0.15) is 50.8 Å². The fourth-order valence-corrected chi connectivity index (χ4v) is 4.00. The third kappa shape index (κ3) is 2.44. The minimum absolute atomic E-state index is 0.466. The van der Waals surface area contributed by atoms with Crippen molar-refractivity contribution in [1.29, 1.82) is 0 Å². The SMILES string of the molecule is c1nc(CC2(C3CCCCC3)CCNCC2)n[nH]1. The molecule has 1 aromatic heterocycles. The van der Waals surface area contributed by atoms with E-state index in [1.54, 1.807) is 6.33 Å². The summed E-state index contributed by atoms with van der Waals surface area (Å²) < 4.78 is 0. The highest BCUT2D eigenvalue weighted by atomic mass is 15.2. The van der Waals surface area contributed by atoms with E-state index in [1.807, 2.05) is 0 Å². The Bertz CT molecular complexity index is 348. The van der Waals surface area contributed by atoms with E-state index in [0.717, 1.165) is 18.2 Å². The fraction of sp³-hybridized carbons (Fsp3) is 0.857. The molecule has 0 aromatic carbocycles. The van der Waals surface area contributed by atoms with Crippen LogP contribution in [-0.4, -0.2) is 28.3 Å². The molecule has 18 heavy (non-hydrogen) atoms. The van der Waals surface area contributed by atoms with Gasteiger partial charge in [0.25, 0.3) is 0 Å². The van der Waals surface area contributed by atoms with Crippen molar-refractivity contribution in [2.24, 2.45) is 11.3 Å². The molecule has 0 bridgehead atoms. The van der Waals surface area contributed by atoms with Crippen LogP contribution in [0.5, 0.6) is 0 Å². The first-order valence-electron chi connectivity index (χ1n) is 7.44. The zero-order valence-corrected chi connectivity index (χ0v) is 11.1. The summed E-state index contributed by atoms with van der Waals surface area (Å²) >= 11 is 0. The molecule has 1 aliphatic carbocycles. The number of hydrogen-bond acceptors (Lipinski definition) is 3. The third-order valence-electron chi connectivity index (χ3n) is 5.05. The molecule has 2 aliphatic rings. The number of H-pyrrole nitrogens is 1. The third-order valence-corrected chi connectivity index (χ3v) is 5.05. The number of hydrogen-bond donors (Lipinski definition) is 2. The highest BCUT2D eigenvalue weighted by Crippen LogP contribution is 2.46. The average Bonchev–Trinajstić information content (AvgIpc) is 2.94. The van der Waals surface area contributed by atoms with E-state index < -0.39 is 0 Å². The molecule has 0 spiro atoms. The van der Waals surface area contributed by atoms with Gasteiger partial charge < -0.3 is 5.32 Å². The Hall–Kier alpha value is -0.900. The lowest BCUT2D eigenvalue weighted by Gasteiger charge is -2.45. The van der Waals surface area contributed by atoms with Gasteiger partial charge in [-0.05, 0) is 50.1 Å². The van der Waals surface area contributed by atoms with Gasteiger partial charge in [-0.25, -0.2) is 4.98 Å². The van der Waals surface area contributed by atoms with E-state index in [-0.39, 0.29) is 0 Å². The van der Waals surface area contributed by atoms with Gasteiger partial charge in [-0.3, -0.25) is 5.10 Å². The molecule has 3 rings (SSSR count). The summed E-state index contributed by atoms with van der Waals surface area (Å²) in [5.41, 5.74) is 0.466. The maximum atomic E-state index is 4.36. The molecule has 0 radical (unpaired) electrons. The summed E-state index contributed by atoms with van der Waals surface area (Å²) in [6.07, 6.45) is 12.5. The molecule has 2 heterocycles. The number of nitrogens with one attached hydrogen (secondary N) is 2. The zero-order valence-electron chi connectivity index (χ0n) is 11.1. The first-order chi connectivity index (χ1) is 8.89. The van der Waals surface area contributed by atoms with Crippen molar-refractivity contribution in [3.8, 4) is 0 Å². The molecule has 1 saturated heterocycles. The van der Waals surface area contributed by atoms with Crippen molar-refractivity contribution in [3.63, 3.8) is 0 Å². The quantitative estimate of drug-likeness (QED) is 0.863. The Kier molecular flexibility index (Phi) is 3.64. The second-order valence-electron chi connectivity index (χ2n) is 6.04. The van der Waals surface area contributed by atoms with E-state index in [1.165, 1.54) is 58.0 Å². The number of rotatable bonds is 3. The summed E-state index contributed by atoms with van der Waals surface area (Å²) in [5.74, 6) is 1.91. The van der Waals surface area contributed by atoms with Gasteiger partial charge in [-0.1, -0.05) is 19.3 Å². The molecule has 2 N–H and O–H groups in total. The van der Waals surface area contributed by atoms with Gasteiger partial charge in [0.1, 0.15) is 6.33 Å². The Morgan fingerprint density at radius 2 is 1.94 bits per heavy atom. The molecule has 0 atom stereocenters. The minimum Gasteiger partial charge on any atom is -0.317 e. The van der Waals surface area contributed by atoms with Crippen molar-refractivity contribution in [1.82, 2.24) is 20.5 Å². The van der Waals surface area contributed by atoms with Gasteiger partial charge >= 0.3 is 0 Å². The first kappa shape index (κ1) is 12.2. The smallest absolute Gasteiger partial charge is 0.150 e. The van der Waals surface area contributed by atoms with Crippen LogP contribution in [0, 0.1) is 11.3 Å². The number of aromatic amines is 1. The number of aromatic nitrogens is 3. The van der Waals surface area contributed by atoms with Gasteiger partial charge in [-0.15, -0.1) is 0 Å². The summed E-state index contributed by atoms with van der Waals surface area (Å²) in [6, 6.07) is 0. The zero-order chi connectivity index (χ0) is 12.3. The standard InChI is InChI=1S/C14H24N4/c1-2-4-12(5-3-1)14(6-8-15-9-7-14)10-13-16-11-17-18-13/h11-12,15H,1-10H2,(H,16,17,18). The minimum atomic E-state index is 0.466. The summed E-state index contributed by atoms with van der Waals surface area (Å²) in [5, 5.41) is 10.7. The molecule has 0 amide bonds. The van der Waals surface area contributed by atoms with E-state index >= 15 is 0 Å². The molecule has 4 heteroatoms. The van der Waals surface area contributed by atoms with Crippen molar-refractivity contribution >= 4 is 0 Å². The molecule has 1 aromatic rings. The van der Waals surface area contributed by atoms with Gasteiger partial charge in [0.15, 0.2) is 5.82 Å². The largest absolute Gasteiger partial charge is 0.317 e. The maximum absolute atomic E-state index is 4.36. The second-order valence-corrected chi connectivity index (χ2v) is 6.04. The van der Waals surface area contributed by atoms with E-state index in [4.69, 9.17) is 0 Å². The summed E-state index contributed by atoms with van der Waals surface area (Å²) in [4.78, 5) is 4.36. The first-order valence-corrected chi connectivity index (χ1v) is 7.44. The lowest BCUT2D eigenvalue weighted by atomic mass is 9.62. The molecule has 100 valence electrons. The summed E-state index contributed by atoms with van der Waals surface area (Å²) in [7, 11) is 0. The highest BCUT2D eigenvalue weighted by Gasteiger charge is 2.40. The topological polar surface area (TPSA) is 53.6 Å². The Morgan fingerprint density at radius 1 is 1.17 bits per heavy atom. The second kappa shape index (κ2) is 5.39. The van der Waals surface area contributed by atoms with Crippen LogP contribution in [0.25, 0.3) is 0 Å². The van der Waals surface area contributed by atoms with Crippen LogP contribution in [0.4, 0.5) is 0 Å². The van der Waals surface area contributed by atoms with Crippen LogP contribution in [-0.2, 0) is 6.42 Å². The maximum Gasteiger partial charge on any atom is 0.150 e. The Labute approximate surface area is 109 Å². The van der Waals surface area contributed by atoms with Crippen LogP contribution in [0.15, 0.2) is 6.33 Å². The lowest BCUT2D eigenvalue weighted by molar-refractivity contribution is 0.0728. The van der Waals surface area contributed by atoms with E-state index in [9.17, 15) is 0 Å². The van der Waals surface area contributed by atoms with Crippen LogP contribution in [0.3, 0.4) is 0 Å². The van der Waals surface area contributed by atoms with Gasteiger partial charge in [0.2, 0.25) is 0 Å². The van der Waals surface area contributed by atoms with Crippen LogP contribution >= 0.6 is 0 Å². The van der Waals surface area contributed by atoms with E-state index in [2.05, 4.69) is 20.5 Å². The molecular weight excluding hydrogens is 224 g/mol. The molecule has 4 nitrogen and oxygen atoms in total. The van der Waals surface area contributed by atoms with Crippen LogP contribution < -0.4 is 5.32 Å². The van der Waals surface area contributed by atoms with Gasteiger partial charge in [0.05, 0.1) is 0 Å². The number of nitrogens with zero attached hydrogens (tertiary/aromatic N) is 2. The molecule has 1 aliphatic heterocycles. The average molecular weight is 248 g/mol. The van der Waals surface area contributed by atoms with Crippen molar-refractivity contribution in [2.75, 3.05) is 13.1 Å². The predicted octanol–water partition coefficient (Wildman–Crippen LogP) is 2.30. The van der Waals surface area contributed by atoms with Gasteiger partial charge in [-0.2, -0.15) is 5.10 Å². The monoisotopic (exact) mass is 248 g/mol. The van der Waals surface area contributed by atoms with Gasteiger partial charge in [0, 0.05) is 6.42 Å². The van der Waals surface area contributed by atoms with Crippen molar-refractivity contribution < 1.29 is 0 Å². The Morgan fingerprint density at radius 3 is 2.61 bits per heavy atom. The number of piperidine rings is 1. The highest BCUT2D eigenvalue weighted by molar-refractivity contribution is 4.98. The molecule has 0 unspecified atom stereocenters. The van der Waals surface area contributed by atoms with Crippen LogP contribution in [0.2, 0.25) is 0 Å². The molecular formula is C14H24N4. The van der Waals surface area contributed by atoms with Crippen molar-refractivity contribution in [2.45, 2.75) is 51.4 Å².